The van der Waals surface area contributed by atoms with Crippen LogP contribution in [0.1, 0.15) is 35.2 Å². The number of carbonyl (C=O) groups is 1. The number of aromatic nitrogens is 1. The Morgan fingerprint density at radius 2 is 1.95 bits per heavy atom. The minimum absolute atomic E-state index is 0.147. The Hall–Kier alpha value is -2.55. The van der Waals surface area contributed by atoms with Crippen LogP contribution in [-0.2, 0) is 0 Å². The highest BCUT2D eigenvalue weighted by atomic mass is 16.5. The number of hydrogen-bond donors (Lipinski definition) is 1. The van der Waals surface area contributed by atoms with Crippen molar-refractivity contribution < 1.29 is 9.53 Å². The lowest BCUT2D eigenvalue weighted by Gasteiger charge is -2.10. The second-order valence-corrected chi connectivity index (χ2v) is 5.55. The molecule has 3 nitrogen and oxygen atoms in total. The number of methoxy groups -OCH3 is 1. The van der Waals surface area contributed by atoms with E-state index in [9.17, 15) is 4.79 Å². The van der Waals surface area contributed by atoms with Crippen molar-refractivity contribution in [2.24, 2.45) is 0 Å². The van der Waals surface area contributed by atoms with E-state index in [0.29, 0.717) is 6.42 Å². The van der Waals surface area contributed by atoms with Crippen LogP contribution in [0.3, 0.4) is 0 Å². The van der Waals surface area contributed by atoms with Crippen LogP contribution < -0.4 is 4.74 Å². The molecule has 0 aliphatic rings. The van der Waals surface area contributed by atoms with Gasteiger partial charge in [-0.05, 0) is 29.7 Å². The SMILES string of the molecule is COc1ccc2[nH]cc([C@H](C)CC(=O)c3ccccc3)c2c1. The molecule has 0 saturated carbocycles. The molecular weight excluding hydrogens is 274 g/mol. The molecule has 0 spiro atoms. The Morgan fingerprint density at radius 1 is 1.18 bits per heavy atom. The summed E-state index contributed by atoms with van der Waals surface area (Å²) in [7, 11) is 1.66. The maximum atomic E-state index is 12.4. The highest BCUT2D eigenvalue weighted by Gasteiger charge is 2.16. The Morgan fingerprint density at radius 3 is 2.68 bits per heavy atom. The van der Waals surface area contributed by atoms with Gasteiger partial charge in [-0.15, -0.1) is 0 Å². The van der Waals surface area contributed by atoms with E-state index in [2.05, 4.69) is 11.9 Å². The quantitative estimate of drug-likeness (QED) is 0.701. The molecule has 0 bridgehead atoms. The maximum Gasteiger partial charge on any atom is 0.163 e. The predicted molar refractivity (Wildman–Crippen MR) is 88.7 cm³/mol. The number of nitrogens with one attached hydrogen (secondary N) is 1. The Kier molecular flexibility index (Phi) is 3.96. The van der Waals surface area contributed by atoms with Gasteiger partial charge >= 0.3 is 0 Å². The molecular formula is C19H19NO2. The van der Waals surface area contributed by atoms with Crippen molar-refractivity contribution in [3.05, 3.63) is 65.9 Å². The number of ketones is 1. The Labute approximate surface area is 129 Å². The Bertz CT molecular complexity index is 790. The van der Waals surface area contributed by atoms with Crippen LogP contribution in [0.15, 0.2) is 54.7 Å². The summed E-state index contributed by atoms with van der Waals surface area (Å²) in [5, 5.41) is 1.12. The molecule has 3 aromatic rings. The monoisotopic (exact) mass is 293 g/mol. The van der Waals surface area contributed by atoms with Gasteiger partial charge < -0.3 is 9.72 Å². The average molecular weight is 293 g/mol. The number of fused-ring (bicyclic) bond motifs is 1. The normalized spacial score (nSPS) is 12.3. The fourth-order valence-electron chi connectivity index (χ4n) is 2.79. The summed E-state index contributed by atoms with van der Waals surface area (Å²) >= 11 is 0. The zero-order valence-corrected chi connectivity index (χ0v) is 12.8. The summed E-state index contributed by atoms with van der Waals surface area (Å²) in [6, 6.07) is 15.4. The van der Waals surface area contributed by atoms with E-state index >= 15 is 0 Å². The minimum Gasteiger partial charge on any atom is -0.497 e. The highest BCUT2D eigenvalue weighted by Crippen LogP contribution is 2.31. The fraction of sp³-hybridized carbons (Fsp3) is 0.211. The van der Waals surface area contributed by atoms with E-state index in [4.69, 9.17) is 4.74 Å². The first-order valence-corrected chi connectivity index (χ1v) is 7.42. The van der Waals surface area contributed by atoms with Gasteiger partial charge in [0.25, 0.3) is 0 Å². The lowest BCUT2D eigenvalue weighted by Crippen LogP contribution is -2.04. The van der Waals surface area contributed by atoms with Crippen molar-refractivity contribution in [3.8, 4) is 5.75 Å². The van der Waals surface area contributed by atoms with Crippen molar-refractivity contribution in [3.63, 3.8) is 0 Å². The molecule has 1 aromatic heterocycles. The van der Waals surface area contributed by atoms with Gasteiger partial charge in [0.2, 0.25) is 0 Å². The fourth-order valence-corrected chi connectivity index (χ4v) is 2.79. The third-order valence-electron chi connectivity index (χ3n) is 4.04. The third-order valence-corrected chi connectivity index (χ3v) is 4.04. The van der Waals surface area contributed by atoms with Crippen LogP contribution in [0.4, 0.5) is 0 Å². The van der Waals surface area contributed by atoms with Crippen molar-refractivity contribution in [1.82, 2.24) is 4.98 Å². The summed E-state index contributed by atoms with van der Waals surface area (Å²) in [6.07, 6.45) is 2.49. The molecule has 1 atom stereocenters. The third kappa shape index (κ3) is 2.75. The first-order valence-electron chi connectivity index (χ1n) is 7.42. The number of ether oxygens (including phenoxy) is 1. The summed E-state index contributed by atoms with van der Waals surface area (Å²) < 4.78 is 5.30. The van der Waals surface area contributed by atoms with Gasteiger partial charge in [-0.2, -0.15) is 0 Å². The number of rotatable bonds is 5. The number of aromatic amines is 1. The second-order valence-electron chi connectivity index (χ2n) is 5.55. The maximum absolute atomic E-state index is 12.4. The molecule has 0 saturated heterocycles. The van der Waals surface area contributed by atoms with Crippen LogP contribution in [0.5, 0.6) is 5.75 Å². The molecule has 0 amide bonds. The van der Waals surface area contributed by atoms with Crippen LogP contribution >= 0.6 is 0 Å². The molecule has 1 N–H and O–H groups in total. The largest absolute Gasteiger partial charge is 0.497 e. The van der Waals surface area contributed by atoms with Crippen LogP contribution in [0, 0.1) is 0 Å². The molecule has 0 fully saturated rings. The molecule has 3 heteroatoms. The highest BCUT2D eigenvalue weighted by molar-refractivity contribution is 5.97. The van der Waals surface area contributed by atoms with Gasteiger partial charge in [-0.3, -0.25) is 4.79 Å². The standard InChI is InChI=1S/C19H19NO2/c1-13(10-19(21)14-6-4-3-5-7-14)17-12-20-18-9-8-15(22-2)11-16(17)18/h3-9,11-13,20H,10H2,1-2H3/t13-/m1/s1. The van der Waals surface area contributed by atoms with Crippen molar-refractivity contribution >= 4 is 16.7 Å². The van der Waals surface area contributed by atoms with E-state index < -0.39 is 0 Å². The van der Waals surface area contributed by atoms with Crippen molar-refractivity contribution in [2.75, 3.05) is 7.11 Å². The molecule has 0 unspecified atom stereocenters. The smallest absolute Gasteiger partial charge is 0.163 e. The van der Waals surface area contributed by atoms with Gasteiger partial charge in [0.1, 0.15) is 5.75 Å². The number of H-pyrrole nitrogens is 1. The number of carbonyl (C=O) groups excluding carboxylic acids is 1. The van der Waals surface area contributed by atoms with Crippen LogP contribution in [0.2, 0.25) is 0 Å². The minimum atomic E-state index is 0.147. The van der Waals surface area contributed by atoms with Crippen molar-refractivity contribution in [1.29, 1.82) is 0 Å². The van der Waals surface area contributed by atoms with E-state index in [1.807, 2.05) is 54.7 Å². The number of benzene rings is 2. The van der Waals surface area contributed by atoms with Gasteiger partial charge in [0.15, 0.2) is 5.78 Å². The molecule has 2 aromatic carbocycles. The molecule has 112 valence electrons. The summed E-state index contributed by atoms with van der Waals surface area (Å²) in [5.74, 6) is 1.15. The molecule has 0 aliphatic carbocycles. The van der Waals surface area contributed by atoms with Crippen LogP contribution in [0.25, 0.3) is 10.9 Å². The summed E-state index contributed by atoms with van der Waals surface area (Å²) in [4.78, 5) is 15.6. The van der Waals surface area contributed by atoms with Gasteiger partial charge in [-0.25, -0.2) is 0 Å². The van der Waals surface area contributed by atoms with Crippen LogP contribution in [-0.4, -0.2) is 17.9 Å². The lowest BCUT2D eigenvalue weighted by atomic mass is 9.93. The lowest BCUT2D eigenvalue weighted by molar-refractivity contribution is 0.0976. The van der Waals surface area contributed by atoms with Gasteiger partial charge in [0.05, 0.1) is 7.11 Å². The zero-order chi connectivity index (χ0) is 15.5. The molecule has 3 rings (SSSR count). The predicted octanol–water partition coefficient (Wildman–Crippen LogP) is 4.55. The van der Waals surface area contributed by atoms with Gasteiger partial charge in [0, 0.05) is 29.1 Å². The Balaban J connectivity index is 1.86. The van der Waals surface area contributed by atoms with E-state index in [0.717, 1.165) is 27.8 Å². The van der Waals surface area contributed by atoms with Crippen molar-refractivity contribution in [2.45, 2.75) is 19.3 Å². The first-order chi connectivity index (χ1) is 10.7. The molecule has 0 radical (unpaired) electrons. The summed E-state index contributed by atoms with van der Waals surface area (Å²) in [5.41, 5.74) is 2.99. The average Bonchev–Trinajstić information content (AvgIpc) is 2.98. The second kappa shape index (κ2) is 6.06. The van der Waals surface area contributed by atoms with Gasteiger partial charge in [-0.1, -0.05) is 37.3 Å². The van der Waals surface area contributed by atoms with E-state index in [1.165, 1.54) is 0 Å². The molecule has 1 heterocycles. The molecule has 22 heavy (non-hydrogen) atoms. The van der Waals surface area contributed by atoms with E-state index in [-0.39, 0.29) is 11.7 Å². The number of hydrogen-bond acceptors (Lipinski definition) is 2. The topological polar surface area (TPSA) is 42.1 Å². The first kappa shape index (κ1) is 14.4. The summed E-state index contributed by atoms with van der Waals surface area (Å²) in [6.45, 7) is 2.09. The zero-order valence-electron chi connectivity index (χ0n) is 12.8. The molecule has 0 aliphatic heterocycles. The van der Waals surface area contributed by atoms with E-state index in [1.54, 1.807) is 7.11 Å². The number of Topliss-reactive ketones (excluding diaryl/α,β-unsaturated/α-hetero) is 1.